The molecule has 0 atom stereocenters. The van der Waals surface area contributed by atoms with Crippen LogP contribution in [0.25, 0.3) is 21.9 Å². The Balaban J connectivity index is 1.29. The van der Waals surface area contributed by atoms with E-state index in [2.05, 4.69) is 0 Å². The predicted molar refractivity (Wildman–Crippen MR) is 139 cm³/mol. The first kappa shape index (κ1) is 24.2. The molecule has 184 valence electrons. The van der Waals surface area contributed by atoms with Gasteiger partial charge < -0.3 is 10.1 Å². The Labute approximate surface area is 214 Å². The minimum absolute atomic E-state index is 0.121. The van der Waals surface area contributed by atoms with Crippen molar-refractivity contribution in [3.63, 3.8) is 0 Å². The monoisotopic (exact) mass is 521 g/mol. The van der Waals surface area contributed by atoms with Gasteiger partial charge in [-0.3, -0.25) is 4.79 Å². The number of nitrogens with zero attached hydrogens (tertiary/aromatic N) is 3. The van der Waals surface area contributed by atoms with Gasteiger partial charge >= 0.3 is 0 Å². The molecule has 1 saturated heterocycles. The predicted octanol–water partition coefficient (Wildman–Crippen LogP) is 4.25. The number of aromatic nitrogens is 1. The van der Waals surface area contributed by atoms with Crippen LogP contribution in [0.5, 0.6) is 0 Å². The molecule has 1 aliphatic heterocycles. The van der Waals surface area contributed by atoms with Crippen LogP contribution in [0, 0.1) is 12.1 Å². The molecule has 7 nitrogen and oxygen atoms in total. The standard InChI is InChI=1S/C27H24ClN3O4S/c1-19-16-21(20-8-10-30(33)11-9-20)4-7-26(19)27(32)29-12-14-31(15-13-29)36(34,35)25-6-3-22-17-24(28)5-2-23(22)18-25/h2-11,16-18H,12-15H2,1H3. The van der Waals surface area contributed by atoms with Crippen molar-refractivity contribution in [2.75, 3.05) is 26.2 Å². The lowest BCUT2D eigenvalue weighted by Crippen LogP contribution is -2.50. The van der Waals surface area contributed by atoms with Crippen molar-refractivity contribution < 1.29 is 17.9 Å². The highest BCUT2D eigenvalue weighted by Crippen LogP contribution is 2.26. The topological polar surface area (TPSA) is 84.6 Å². The fourth-order valence-electron chi connectivity index (χ4n) is 4.49. The Bertz CT molecular complexity index is 1560. The summed E-state index contributed by atoms with van der Waals surface area (Å²) in [6.07, 6.45) is 2.87. The average Bonchev–Trinajstić information content (AvgIpc) is 2.88. The smallest absolute Gasteiger partial charge is 0.254 e. The lowest BCUT2D eigenvalue weighted by molar-refractivity contribution is -0.605. The molecular weight excluding hydrogens is 498 g/mol. The second kappa shape index (κ2) is 9.54. The number of hydrogen-bond donors (Lipinski definition) is 0. The maximum Gasteiger partial charge on any atom is 0.254 e. The average molecular weight is 522 g/mol. The van der Waals surface area contributed by atoms with Gasteiger partial charge in [-0.1, -0.05) is 35.9 Å². The van der Waals surface area contributed by atoms with Crippen LogP contribution < -0.4 is 4.73 Å². The van der Waals surface area contributed by atoms with Gasteiger partial charge in [-0.25, -0.2) is 8.42 Å². The van der Waals surface area contributed by atoms with E-state index in [0.717, 1.165) is 32.2 Å². The van der Waals surface area contributed by atoms with Crippen molar-refractivity contribution >= 4 is 38.3 Å². The first-order valence-electron chi connectivity index (χ1n) is 11.5. The summed E-state index contributed by atoms with van der Waals surface area (Å²) >= 11 is 6.03. The molecule has 0 saturated carbocycles. The van der Waals surface area contributed by atoms with Gasteiger partial charge in [-0.05, 0) is 64.7 Å². The highest BCUT2D eigenvalue weighted by Gasteiger charge is 2.31. The first-order chi connectivity index (χ1) is 17.2. The summed E-state index contributed by atoms with van der Waals surface area (Å²) in [5.74, 6) is -0.121. The van der Waals surface area contributed by atoms with Crippen LogP contribution in [0.2, 0.25) is 5.02 Å². The molecule has 0 bridgehead atoms. The molecule has 2 heterocycles. The maximum absolute atomic E-state index is 13.3. The van der Waals surface area contributed by atoms with E-state index in [-0.39, 0.29) is 23.9 Å². The molecule has 1 amide bonds. The van der Waals surface area contributed by atoms with E-state index in [1.807, 2.05) is 19.1 Å². The maximum atomic E-state index is 13.3. The zero-order chi connectivity index (χ0) is 25.4. The number of carbonyl (C=O) groups excluding carboxylic acids is 1. The second-order valence-corrected chi connectivity index (χ2v) is 11.2. The van der Waals surface area contributed by atoms with Crippen molar-refractivity contribution in [2.24, 2.45) is 0 Å². The van der Waals surface area contributed by atoms with E-state index in [9.17, 15) is 18.4 Å². The zero-order valence-corrected chi connectivity index (χ0v) is 21.2. The number of fused-ring (bicyclic) bond motifs is 1. The Hall–Kier alpha value is -3.46. The molecule has 36 heavy (non-hydrogen) atoms. The quantitative estimate of drug-likeness (QED) is 0.297. The van der Waals surface area contributed by atoms with Crippen LogP contribution in [0.4, 0.5) is 0 Å². The van der Waals surface area contributed by atoms with Crippen LogP contribution in [-0.2, 0) is 10.0 Å². The van der Waals surface area contributed by atoms with Crippen LogP contribution in [0.1, 0.15) is 15.9 Å². The van der Waals surface area contributed by atoms with Crippen LogP contribution in [0.3, 0.4) is 0 Å². The summed E-state index contributed by atoms with van der Waals surface area (Å²) in [7, 11) is -3.69. The number of hydrogen-bond acceptors (Lipinski definition) is 4. The number of aryl methyl sites for hydroxylation is 1. The molecule has 4 aromatic rings. The molecule has 3 aromatic carbocycles. The van der Waals surface area contributed by atoms with Gasteiger partial charge in [0.25, 0.3) is 5.91 Å². The molecule has 0 spiro atoms. The number of benzene rings is 3. The minimum Gasteiger partial charge on any atom is -0.619 e. The summed E-state index contributed by atoms with van der Waals surface area (Å²) in [4.78, 5) is 15.1. The zero-order valence-electron chi connectivity index (χ0n) is 19.6. The SMILES string of the molecule is Cc1cc(-c2cc[n+]([O-])cc2)ccc1C(=O)N1CCN(S(=O)(=O)c2ccc3cc(Cl)ccc3c2)CC1. The fourth-order valence-corrected chi connectivity index (χ4v) is 6.13. The first-order valence-corrected chi connectivity index (χ1v) is 13.3. The Kier molecular flexibility index (Phi) is 6.42. The van der Waals surface area contributed by atoms with Crippen molar-refractivity contribution in [3.8, 4) is 11.1 Å². The molecule has 0 radical (unpaired) electrons. The van der Waals surface area contributed by atoms with Crippen LogP contribution in [0.15, 0.2) is 84.0 Å². The van der Waals surface area contributed by atoms with Gasteiger partial charge in [-0.15, -0.1) is 0 Å². The summed E-state index contributed by atoms with van der Waals surface area (Å²) in [6, 6.07) is 19.4. The third-order valence-electron chi connectivity index (χ3n) is 6.53. The Morgan fingerprint density at radius 2 is 1.53 bits per heavy atom. The van der Waals surface area contributed by atoms with Gasteiger partial charge in [0.15, 0.2) is 12.4 Å². The molecule has 9 heteroatoms. The molecular formula is C27H24ClN3O4S. The largest absolute Gasteiger partial charge is 0.619 e. The fraction of sp³-hybridized carbons (Fsp3) is 0.185. The third kappa shape index (κ3) is 4.67. The van der Waals surface area contributed by atoms with E-state index in [0.29, 0.717) is 23.7 Å². The molecule has 0 aliphatic carbocycles. The third-order valence-corrected chi connectivity index (χ3v) is 8.66. The highest BCUT2D eigenvalue weighted by molar-refractivity contribution is 7.89. The summed E-state index contributed by atoms with van der Waals surface area (Å²) in [6.45, 7) is 2.95. The lowest BCUT2D eigenvalue weighted by atomic mass is 10.00. The Morgan fingerprint density at radius 3 is 2.22 bits per heavy atom. The molecule has 0 unspecified atom stereocenters. The molecule has 0 N–H and O–H groups in total. The number of piperazine rings is 1. The van der Waals surface area contributed by atoms with Crippen molar-refractivity contribution in [1.29, 1.82) is 0 Å². The van der Waals surface area contributed by atoms with Crippen LogP contribution in [-0.4, -0.2) is 49.7 Å². The van der Waals surface area contributed by atoms with Gasteiger partial charge in [0.05, 0.1) is 4.90 Å². The number of sulfonamides is 1. The summed E-state index contributed by atoms with van der Waals surface area (Å²) in [5, 5.41) is 13.6. The molecule has 1 fully saturated rings. The molecule has 1 aliphatic rings. The van der Waals surface area contributed by atoms with E-state index in [1.165, 1.54) is 16.7 Å². The van der Waals surface area contributed by atoms with Crippen molar-refractivity contribution in [1.82, 2.24) is 9.21 Å². The van der Waals surface area contributed by atoms with Gasteiger partial charge in [-0.2, -0.15) is 9.04 Å². The van der Waals surface area contributed by atoms with E-state index < -0.39 is 10.0 Å². The number of pyridine rings is 1. The molecule has 1 aromatic heterocycles. The summed E-state index contributed by atoms with van der Waals surface area (Å²) < 4.78 is 28.7. The van der Waals surface area contributed by atoms with Gasteiger partial charge in [0.2, 0.25) is 10.0 Å². The number of rotatable bonds is 4. The van der Waals surface area contributed by atoms with E-state index in [1.54, 1.807) is 59.5 Å². The van der Waals surface area contributed by atoms with E-state index in [4.69, 9.17) is 11.6 Å². The van der Waals surface area contributed by atoms with Gasteiger partial charge in [0.1, 0.15) is 0 Å². The number of halogens is 1. The number of carbonyl (C=O) groups is 1. The normalized spacial score (nSPS) is 14.8. The van der Waals surface area contributed by atoms with Crippen LogP contribution >= 0.6 is 11.6 Å². The van der Waals surface area contributed by atoms with Gasteiger partial charge in [0, 0.05) is 48.9 Å². The number of amides is 1. The second-order valence-electron chi connectivity index (χ2n) is 8.83. The van der Waals surface area contributed by atoms with E-state index >= 15 is 0 Å². The summed E-state index contributed by atoms with van der Waals surface area (Å²) in [5.41, 5.74) is 3.21. The minimum atomic E-state index is -3.69. The Morgan fingerprint density at radius 1 is 0.861 bits per heavy atom. The lowest BCUT2D eigenvalue weighted by Gasteiger charge is -2.34. The highest BCUT2D eigenvalue weighted by atomic mass is 35.5. The van der Waals surface area contributed by atoms with Crippen molar-refractivity contribution in [3.05, 3.63) is 100 Å². The van der Waals surface area contributed by atoms with Crippen molar-refractivity contribution in [2.45, 2.75) is 11.8 Å². The molecule has 5 rings (SSSR count).